The highest BCUT2D eigenvalue weighted by Gasteiger charge is 2.66. The standard InChI is InChI=1S/C38H40N2O4/c1-24-10-11-28(22-25(24)2)12-17-35(42)39(4)31-14-13-30-32-23-29-33(43-26(3)41)15-16-34-36(29)38(30,37(31)44-34)19-21-40(32)20-18-27-8-6-5-7-9-27/h5-11,15-16,22,30-32,37H,13-14,18-21,23H2,1-4H3/t30-,31+,32+,37-,38-/m0/s1. The van der Waals surface area contributed by atoms with Crippen molar-refractivity contribution in [2.45, 2.75) is 76.5 Å². The minimum absolute atomic E-state index is 0.0974. The topological polar surface area (TPSA) is 59.1 Å². The van der Waals surface area contributed by atoms with Crippen molar-refractivity contribution >= 4 is 11.9 Å². The van der Waals surface area contributed by atoms with E-state index in [1.807, 2.05) is 42.3 Å². The molecule has 1 saturated carbocycles. The smallest absolute Gasteiger partial charge is 0.308 e. The fourth-order valence-corrected chi connectivity index (χ4v) is 8.62. The number of nitrogens with zero attached hydrogens (tertiary/aromatic N) is 2. The van der Waals surface area contributed by atoms with Gasteiger partial charge in [0.1, 0.15) is 17.6 Å². The lowest BCUT2D eigenvalue weighted by Crippen LogP contribution is -2.69. The Bertz CT molecular complexity index is 1690. The summed E-state index contributed by atoms with van der Waals surface area (Å²) in [6, 6.07) is 20.8. The molecule has 44 heavy (non-hydrogen) atoms. The van der Waals surface area contributed by atoms with E-state index in [1.165, 1.54) is 23.6 Å². The lowest BCUT2D eigenvalue weighted by molar-refractivity contribution is -0.135. The number of hydrogen-bond acceptors (Lipinski definition) is 5. The van der Waals surface area contributed by atoms with Crippen LogP contribution in [0.5, 0.6) is 11.5 Å². The van der Waals surface area contributed by atoms with Gasteiger partial charge in [-0.3, -0.25) is 14.5 Å². The van der Waals surface area contributed by atoms with E-state index in [2.05, 4.69) is 60.9 Å². The Morgan fingerprint density at radius 3 is 2.66 bits per heavy atom. The zero-order valence-corrected chi connectivity index (χ0v) is 26.1. The molecule has 1 spiro atoms. The Balaban J connectivity index is 1.21. The average Bonchev–Trinajstić information content (AvgIpc) is 3.35. The molecule has 2 fully saturated rings. The molecule has 226 valence electrons. The number of amides is 1. The molecule has 2 heterocycles. The van der Waals surface area contributed by atoms with Crippen molar-refractivity contribution in [1.82, 2.24) is 9.80 Å². The third-order valence-electron chi connectivity index (χ3n) is 10.8. The van der Waals surface area contributed by atoms with Gasteiger partial charge in [-0.15, -0.1) is 0 Å². The Hall–Kier alpha value is -4.08. The molecule has 3 aromatic rings. The first-order valence-electron chi connectivity index (χ1n) is 15.9. The molecule has 0 radical (unpaired) electrons. The van der Waals surface area contributed by atoms with E-state index in [0.29, 0.717) is 17.7 Å². The zero-order valence-electron chi connectivity index (χ0n) is 26.1. The second kappa shape index (κ2) is 11.1. The van der Waals surface area contributed by atoms with E-state index in [4.69, 9.17) is 9.47 Å². The van der Waals surface area contributed by atoms with Crippen molar-refractivity contribution in [2.24, 2.45) is 5.92 Å². The molecule has 2 aliphatic heterocycles. The van der Waals surface area contributed by atoms with Gasteiger partial charge < -0.3 is 14.4 Å². The van der Waals surface area contributed by atoms with Crippen molar-refractivity contribution < 1.29 is 19.1 Å². The number of hydrogen-bond donors (Lipinski definition) is 0. The van der Waals surface area contributed by atoms with Gasteiger partial charge in [0.2, 0.25) is 0 Å². The van der Waals surface area contributed by atoms with E-state index in [-0.39, 0.29) is 29.4 Å². The predicted octanol–water partition coefficient (Wildman–Crippen LogP) is 5.39. The number of carbonyl (C=O) groups excluding carboxylic acids is 2. The van der Waals surface area contributed by atoms with Gasteiger partial charge in [-0.2, -0.15) is 0 Å². The van der Waals surface area contributed by atoms with Gasteiger partial charge in [-0.05, 0) is 99.4 Å². The van der Waals surface area contributed by atoms with Gasteiger partial charge in [-0.1, -0.05) is 42.3 Å². The van der Waals surface area contributed by atoms with E-state index in [0.717, 1.165) is 67.6 Å². The number of aryl methyl sites for hydroxylation is 2. The Morgan fingerprint density at radius 1 is 1.07 bits per heavy atom. The summed E-state index contributed by atoms with van der Waals surface area (Å²) in [4.78, 5) is 30.2. The molecule has 0 unspecified atom stereocenters. The Labute approximate surface area is 260 Å². The first-order chi connectivity index (χ1) is 21.3. The van der Waals surface area contributed by atoms with Crippen LogP contribution in [-0.4, -0.2) is 60.0 Å². The fourth-order valence-electron chi connectivity index (χ4n) is 8.62. The summed E-state index contributed by atoms with van der Waals surface area (Å²) in [6.07, 6.45) is 4.50. The largest absolute Gasteiger partial charge is 0.487 e. The third kappa shape index (κ3) is 4.70. The average molecular weight is 589 g/mol. The molecule has 3 aromatic carbocycles. The van der Waals surface area contributed by atoms with Gasteiger partial charge in [-0.25, -0.2) is 0 Å². The van der Waals surface area contributed by atoms with Crippen LogP contribution in [0.3, 0.4) is 0 Å². The van der Waals surface area contributed by atoms with Gasteiger partial charge >= 0.3 is 5.97 Å². The molecule has 4 aliphatic rings. The summed E-state index contributed by atoms with van der Waals surface area (Å²) in [7, 11) is 1.88. The summed E-state index contributed by atoms with van der Waals surface area (Å²) in [5.74, 6) is 7.47. The van der Waals surface area contributed by atoms with Gasteiger partial charge in [0, 0.05) is 54.6 Å². The number of likely N-dealkylation sites (N-methyl/N-ethyl adjacent to an activating group) is 1. The molecule has 6 heteroatoms. The highest BCUT2D eigenvalue weighted by Crippen LogP contribution is 2.63. The molecule has 1 amide bonds. The third-order valence-corrected chi connectivity index (χ3v) is 10.8. The molecule has 5 atom stereocenters. The molecule has 0 aromatic heterocycles. The van der Waals surface area contributed by atoms with Crippen LogP contribution in [0.1, 0.15) is 59.6 Å². The summed E-state index contributed by atoms with van der Waals surface area (Å²) < 4.78 is 12.7. The molecule has 6 nitrogen and oxygen atoms in total. The number of carbonyl (C=O) groups is 2. The molecule has 0 N–H and O–H groups in total. The van der Waals surface area contributed by atoms with Crippen LogP contribution in [-0.2, 0) is 27.8 Å². The summed E-state index contributed by atoms with van der Waals surface area (Å²) in [6.45, 7) is 7.56. The van der Waals surface area contributed by atoms with E-state index in [1.54, 1.807) is 0 Å². The Morgan fingerprint density at radius 2 is 1.89 bits per heavy atom. The van der Waals surface area contributed by atoms with Gasteiger partial charge in [0.25, 0.3) is 5.91 Å². The quantitative estimate of drug-likeness (QED) is 0.227. The van der Waals surface area contributed by atoms with Crippen LogP contribution in [0.15, 0.2) is 60.7 Å². The second-order valence-corrected chi connectivity index (χ2v) is 13.1. The highest BCUT2D eigenvalue weighted by atomic mass is 16.5. The lowest BCUT2D eigenvalue weighted by atomic mass is 9.51. The highest BCUT2D eigenvalue weighted by molar-refractivity contribution is 5.94. The monoisotopic (exact) mass is 588 g/mol. The first kappa shape index (κ1) is 28.7. The SMILES string of the molecule is CC(=O)Oc1ccc2c3c1C[C@@H]1[C@@H]4CC[C@@H](N(C)C(=O)C#Cc5ccc(C)c(C)c5)[C@H](O2)[C@]34CCN1CCc1ccccc1. The number of benzene rings is 3. The van der Waals surface area contributed by atoms with Crippen molar-refractivity contribution in [3.05, 3.63) is 94.0 Å². The molecular weight excluding hydrogens is 548 g/mol. The Kier molecular flexibility index (Phi) is 7.25. The molecular formula is C38H40N2O4. The van der Waals surface area contributed by atoms with Crippen LogP contribution >= 0.6 is 0 Å². The normalized spacial score (nSPS) is 26.1. The second-order valence-electron chi connectivity index (χ2n) is 13.1. The van der Waals surface area contributed by atoms with Crippen LogP contribution in [0, 0.1) is 31.6 Å². The minimum atomic E-state index is -0.309. The van der Waals surface area contributed by atoms with Crippen LogP contribution in [0.4, 0.5) is 0 Å². The number of rotatable bonds is 5. The van der Waals surface area contributed by atoms with Crippen LogP contribution < -0.4 is 9.47 Å². The van der Waals surface area contributed by atoms with Crippen molar-refractivity contribution in [1.29, 1.82) is 0 Å². The van der Waals surface area contributed by atoms with Crippen molar-refractivity contribution in [2.75, 3.05) is 20.1 Å². The molecule has 7 rings (SSSR count). The molecule has 2 aliphatic carbocycles. The minimum Gasteiger partial charge on any atom is -0.487 e. The van der Waals surface area contributed by atoms with E-state index >= 15 is 0 Å². The first-order valence-corrected chi connectivity index (χ1v) is 15.9. The van der Waals surface area contributed by atoms with E-state index < -0.39 is 0 Å². The number of ether oxygens (including phenoxy) is 2. The van der Waals surface area contributed by atoms with Crippen LogP contribution in [0.25, 0.3) is 0 Å². The lowest BCUT2D eigenvalue weighted by Gasteiger charge is -2.60. The number of likely N-dealkylation sites (tertiary alicyclic amines) is 1. The maximum absolute atomic E-state index is 13.5. The van der Waals surface area contributed by atoms with E-state index in [9.17, 15) is 9.59 Å². The van der Waals surface area contributed by atoms with Crippen molar-refractivity contribution in [3.8, 4) is 23.3 Å². The van der Waals surface area contributed by atoms with Gasteiger partial charge in [0.05, 0.1) is 6.04 Å². The maximum atomic E-state index is 13.5. The maximum Gasteiger partial charge on any atom is 0.308 e. The fraction of sp³-hybridized carbons (Fsp3) is 0.421. The molecule has 2 bridgehead atoms. The zero-order chi connectivity index (χ0) is 30.6. The number of esters is 1. The van der Waals surface area contributed by atoms with Crippen LogP contribution in [0.2, 0.25) is 0 Å². The van der Waals surface area contributed by atoms with Crippen molar-refractivity contribution in [3.63, 3.8) is 0 Å². The summed E-state index contributed by atoms with van der Waals surface area (Å²) >= 11 is 0. The number of piperidine rings is 1. The summed E-state index contributed by atoms with van der Waals surface area (Å²) in [5, 5.41) is 0. The molecule has 1 saturated heterocycles. The summed E-state index contributed by atoms with van der Waals surface area (Å²) in [5.41, 5.74) is 6.67. The van der Waals surface area contributed by atoms with Gasteiger partial charge in [0.15, 0.2) is 0 Å². The predicted molar refractivity (Wildman–Crippen MR) is 170 cm³/mol.